The third kappa shape index (κ3) is 4.54. The van der Waals surface area contributed by atoms with E-state index in [1.165, 1.54) is 6.92 Å². The standard InChI is InChI=1S/C7H15NO5S/c1-5(14(2,12)13)7(11)8-3-6(10)4-9/h5-6,9-10H,3-4H2,1-2H3,(H,8,11). The highest BCUT2D eigenvalue weighted by Gasteiger charge is 2.23. The molecule has 0 aromatic rings. The van der Waals surface area contributed by atoms with Crippen molar-refractivity contribution in [1.82, 2.24) is 5.32 Å². The molecule has 84 valence electrons. The molecule has 2 unspecified atom stereocenters. The van der Waals surface area contributed by atoms with E-state index in [0.717, 1.165) is 6.26 Å². The van der Waals surface area contributed by atoms with E-state index < -0.39 is 33.7 Å². The molecule has 0 fully saturated rings. The van der Waals surface area contributed by atoms with Crippen molar-refractivity contribution in [3.63, 3.8) is 0 Å². The van der Waals surface area contributed by atoms with Crippen molar-refractivity contribution in [1.29, 1.82) is 0 Å². The first-order chi connectivity index (χ1) is 6.29. The van der Waals surface area contributed by atoms with Crippen molar-refractivity contribution in [2.24, 2.45) is 0 Å². The van der Waals surface area contributed by atoms with Crippen LogP contribution in [-0.4, -0.2) is 55.3 Å². The van der Waals surface area contributed by atoms with Gasteiger partial charge < -0.3 is 15.5 Å². The maximum absolute atomic E-state index is 11.1. The Morgan fingerprint density at radius 1 is 1.50 bits per heavy atom. The van der Waals surface area contributed by atoms with Crippen molar-refractivity contribution in [2.45, 2.75) is 18.3 Å². The second kappa shape index (κ2) is 5.28. The minimum absolute atomic E-state index is 0.158. The highest BCUT2D eigenvalue weighted by molar-refractivity contribution is 7.92. The molecule has 3 N–H and O–H groups in total. The molecule has 0 saturated heterocycles. The van der Waals surface area contributed by atoms with Crippen molar-refractivity contribution in [3.05, 3.63) is 0 Å². The van der Waals surface area contributed by atoms with Gasteiger partial charge in [-0.15, -0.1) is 0 Å². The largest absolute Gasteiger partial charge is 0.394 e. The van der Waals surface area contributed by atoms with Crippen LogP contribution in [0.4, 0.5) is 0 Å². The third-order valence-electron chi connectivity index (χ3n) is 1.73. The minimum Gasteiger partial charge on any atom is -0.394 e. The summed E-state index contributed by atoms with van der Waals surface area (Å²) in [4.78, 5) is 11.1. The summed E-state index contributed by atoms with van der Waals surface area (Å²) in [6.07, 6.45) is -0.106. The van der Waals surface area contributed by atoms with Crippen molar-refractivity contribution in [2.75, 3.05) is 19.4 Å². The van der Waals surface area contributed by atoms with Gasteiger partial charge in [0.1, 0.15) is 5.25 Å². The lowest BCUT2D eigenvalue weighted by Gasteiger charge is -2.12. The Kier molecular flexibility index (Phi) is 5.03. The molecule has 0 rings (SSSR count). The Morgan fingerprint density at radius 3 is 2.36 bits per heavy atom. The molecule has 0 saturated carbocycles. The van der Waals surface area contributed by atoms with Crippen LogP contribution in [0.25, 0.3) is 0 Å². The van der Waals surface area contributed by atoms with Crippen LogP contribution >= 0.6 is 0 Å². The summed E-state index contributed by atoms with van der Waals surface area (Å²) in [7, 11) is -3.41. The van der Waals surface area contributed by atoms with Gasteiger partial charge >= 0.3 is 0 Å². The number of sulfone groups is 1. The maximum atomic E-state index is 11.1. The van der Waals surface area contributed by atoms with Gasteiger partial charge in [-0.05, 0) is 6.92 Å². The Bertz CT molecular complexity index is 286. The first-order valence-corrected chi connectivity index (χ1v) is 6.00. The zero-order valence-corrected chi connectivity index (χ0v) is 8.91. The molecule has 6 nitrogen and oxygen atoms in total. The van der Waals surface area contributed by atoms with E-state index in [9.17, 15) is 13.2 Å². The van der Waals surface area contributed by atoms with Crippen LogP contribution in [-0.2, 0) is 14.6 Å². The van der Waals surface area contributed by atoms with E-state index >= 15 is 0 Å². The van der Waals surface area contributed by atoms with Gasteiger partial charge in [0.25, 0.3) is 0 Å². The number of hydrogen-bond donors (Lipinski definition) is 3. The van der Waals surface area contributed by atoms with Crippen LogP contribution in [0.5, 0.6) is 0 Å². The SMILES string of the molecule is CC(C(=O)NCC(O)CO)S(C)(=O)=O. The lowest BCUT2D eigenvalue weighted by atomic mass is 10.3. The molecule has 0 radical (unpaired) electrons. The van der Waals surface area contributed by atoms with E-state index in [1.54, 1.807) is 0 Å². The quantitative estimate of drug-likeness (QED) is 0.497. The predicted molar refractivity (Wildman–Crippen MR) is 50.4 cm³/mol. The van der Waals surface area contributed by atoms with E-state index in [0.29, 0.717) is 0 Å². The number of aliphatic hydroxyl groups is 2. The average Bonchev–Trinajstić information content (AvgIpc) is 2.10. The molecule has 0 heterocycles. The molecular weight excluding hydrogens is 210 g/mol. The smallest absolute Gasteiger partial charge is 0.238 e. The molecule has 0 aliphatic heterocycles. The maximum Gasteiger partial charge on any atom is 0.238 e. The average molecular weight is 225 g/mol. The summed E-state index contributed by atoms with van der Waals surface area (Å²) >= 11 is 0. The Balaban J connectivity index is 4.11. The summed E-state index contributed by atoms with van der Waals surface area (Å²) in [6.45, 7) is 0.624. The number of amides is 1. The fraction of sp³-hybridized carbons (Fsp3) is 0.857. The van der Waals surface area contributed by atoms with Crippen molar-refractivity contribution >= 4 is 15.7 Å². The van der Waals surface area contributed by atoms with E-state index in [1.807, 2.05) is 0 Å². The van der Waals surface area contributed by atoms with Crippen LogP contribution in [0.1, 0.15) is 6.92 Å². The number of rotatable bonds is 5. The lowest BCUT2D eigenvalue weighted by Crippen LogP contribution is -2.41. The Hall–Kier alpha value is -0.660. The van der Waals surface area contributed by atoms with E-state index in [4.69, 9.17) is 10.2 Å². The molecular formula is C7H15NO5S. The topological polar surface area (TPSA) is 104 Å². The molecule has 0 aliphatic carbocycles. The van der Waals surface area contributed by atoms with Gasteiger partial charge in [-0.25, -0.2) is 8.42 Å². The second-order valence-corrected chi connectivity index (χ2v) is 5.42. The monoisotopic (exact) mass is 225 g/mol. The van der Waals surface area contributed by atoms with Crippen LogP contribution in [0.2, 0.25) is 0 Å². The molecule has 0 aromatic heterocycles. The van der Waals surface area contributed by atoms with Crippen LogP contribution in [0, 0.1) is 0 Å². The number of hydrogen-bond acceptors (Lipinski definition) is 5. The summed E-state index contributed by atoms with van der Waals surface area (Å²) in [6, 6.07) is 0. The number of carbonyl (C=O) groups is 1. The van der Waals surface area contributed by atoms with Crippen molar-refractivity contribution < 1.29 is 23.4 Å². The minimum atomic E-state index is -3.41. The molecule has 2 atom stereocenters. The summed E-state index contributed by atoms with van der Waals surface area (Å²) in [5, 5.41) is 18.4. The lowest BCUT2D eigenvalue weighted by molar-refractivity contribution is -0.121. The number of carbonyl (C=O) groups excluding carboxylic acids is 1. The van der Waals surface area contributed by atoms with Gasteiger partial charge in [0.15, 0.2) is 9.84 Å². The molecule has 0 spiro atoms. The van der Waals surface area contributed by atoms with E-state index in [2.05, 4.69) is 5.32 Å². The molecule has 7 heteroatoms. The second-order valence-electron chi connectivity index (χ2n) is 3.05. The number of nitrogens with one attached hydrogen (secondary N) is 1. The summed E-state index contributed by atoms with van der Waals surface area (Å²) in [5.74, 6) is -0.681. The Labute approximate surface area is 82.9 Å². The Morgan fingerprint density at radius 2 is 2.00 bits per heavy atom. The highest BCUT2D eigenvalue weighted by atomic mass is 32.2. The van der Waals surface area contributed by atoms with Crippen LogP contribution in [0.3, 0.4) is 0 Å². The molecule has 0 aliphatic rings. The van der Waals surface area contributed by atoms with Crippen molar-refractivity contribution in [3.8, 4) is 0 Å². The summed E-state index contributed by atoms with van der Waals surface area (Å²) < 4.78 is 21.8. The van der Waals surface area contributed by atoms with Gasteiger partial charge in [-0.2, -0.15) is 0 Å². The van der Waals surface area contributed by atoms with Gasteiger partial charge in [0.2, 0.25) is 5.91 Å². The zero-order valence-electron chi connectivity index (χ0n) is 8.10. The third-order valence-corrected chi connectivity index (χ3v) is 3.23. The molecule has 1 amide bonds. The zero-order chi connectivity index (χ0) is 11.4. The first kappa shape index (κ1) is 13.3. The predicted octanol–water partition coefficient (Wildman–Crippen LogP) is -2.11. The molecule has 14 heavy (non-hydrogen) atoms. The fourth-order valence-corrected chi connectivity index (χ4v) is 1.09. The van der Waals surface area contributed by atoms with Gasteiger partial charge in [-0.1, -0.05) is 0 Å². The van der Waals surface area contributed by atoms with Gasteiger partial charge in [0.05, 0.1) is 12.7 Å². The normalized spacial score (nSPS) is 16.0. The van der Waals surface area contributed by atoms with Gasteiger partial charge in [-0.3, -0.25) is 4.79 Å². The van der Waals surface area contributed by atoms with E-state index in [-0.39, 0.29) is 6.54 Å². The molecule has 0 aromatic carbocycles. The molecule has 0 bridgehead atoms. The van der Waals surface area contributed by atoms with Crippen LogP contribution in [0.15, 0.2) is 0 Å². The fourth-order valence-electron chi connectivity index (χ4n) is 0.621. The summed E-state index contributed by atoms with van der Waals surface area (Å²) in [5.41, 5.74) is 0. The van der Waals surface area contributed by atoms with Gasteiger partial charge in [0, 0.05) is 12.8 Å². The first-order valence-electron chi connectivity index (χ1n) is 4.04. The highest BCUT2D eigenvalue weighted by Crippen LogP contribution is 1.97. The van der Waals surface area contributed by atoms with Crippen LogP contribution < -0.4 is 5.32 Å². The number of aliphatic hydroxyl groups excluding tert-OH is 2.